The van der Waals surface area contributed by atoms with Crippen LogP contribution < -0.4 is 10.2 Å². The van der Waals surface area contributed by atoms with Crippen molar-refractivity contribution in [1.29, 1.82) is 0 Å². The van der Waals surface area contributed by atoms with Gasteiger partial charge in [-0.05, 0) is 43.5 Å². The SMILES string of the molecule is Cc1cc(N2CCCC2)ccc1NCc1cnnn1C. The fraction of sp³-hybridized carbons (Fsp3) is 0.467. The molecule has 0 saturated carbocycles. The molecule has 2 aromatic rings. The van der Waals surface area contributed by atoms with E-state index in [1.54, 1.807) is 10.9 Å². The first kappa shape index (κ1) is 13.0. The van der Waals surface area contributed by atoms with Gasteiger partial charge in [0.05, 0.1) is 18.4 Å². The van der Waals surface area contributed by atoms with E-state index < -0.39 is 0 Å². The number of anilines is 2. The van der Waals surface area contributed by atoms with Gasteiger partial charge in [0.25, 0.3) is 0 Å². The van der Waals surface area contributed by atoms with Crippen LogP contribution >= 0.6 is 0 Å². The van der Waals surface area contributed by atoms with Crippen molar-refractivity contribution in [2.45, 2.75) is 26.3 Å². The van der Waals surface area contributed by atoms with Crippen molar-refractivity contribution < 1.29 is 0 Å². The molecule has 20 heavy (non-hydrogen) atoms. The normalized spacial score (nSPS) is 14.8. The van der Waals surface area contributed by atoms with Crippen LogP contribution in [0.4, 0.5) is 11.4 Å². The number of nitrogens with zero attached hydrogens (tertiary/aromatic N) is 4. The third kappa shape index (κ3) is 2.61. The van der Waals surface area contributed by atoms with Crippen molar-refractivity contribution in [3.63, 3.8) is 0 Å². The van der Waals surface area contributed by atoms with Gasteiger partial charge in [-0.25, -0.2) is 0 Å². The van der Waals surface area contributed by atoms with E-state index in [0.717, 1.165) is 12.2 Å². The van der Waals surface area contributed by atoms with Crippen LogP contribution in [0.1, 0.15) is 24.1 Å². The second kappa shape index (κ2) is 5.53. The van der Waals surface area contributed by atoms with Gasteiger partial charge in [-0.2, -0.15) is 0 Å². The molecule has 1 N–H and O–H groups in total. The first-order valence-corrected chi connectivity index (χ1v) is 7.17. The number of hydrogen-bond donors (Lipinski definition) is 1. The number of aryl methyl sites for hydroxylation is 2. The molecule has 1 aromatic heterocycles. The number of nitrogens with one attached hydrogen (secondary N) is 1. The minimum absolute atomic E-state index is 0.743. The van der Waals surface area contributed by atoms with E-state index in [2.05, 4.69) is 45.7 Å². The molecule has 1 aliphatic rings. The monoisotopic (exact) mass is 271 g/mol. The Morgan fingerprint density at radius 1 is 1.25 bits per heavy atom. The second-order valence-electron chi connectivity index (χ2n) is 5.40. The van der Waals surface area contributed by atoms with Crippen molar-refractivity contribution >= 4 is 11.4 Å². The van der Waals surface area contributed by atoms with Crippen LogP contribution in [0.25, 0.3) is 0 Å². The second-order valence-corrected chi connectivity index (χ2v) is 5.40. The van der Waals surface area contributed by atoms with Crippen LogP contribution in [0, 0.1) is 6.92 Å². The summed E-state index contributed by atoms with van der Waals surface area (Å²) in [6.45, 7) is 5.27. The predicted molar refractivity (Wildman–Crippen MR) is 81.0 cm³/mol. The Morgan fingerprint density at radius 3 is 2.70 bits per heavy atom. The van der Waals surface area contributed by atoms with Crippen LogP contribution in [-0.4, -0.2) is 28.1 Å². The van der Waals surface area contributed by atoms with Crippen molar-refractivity contribution in [1.82, 2.24) is 15.0 Å². The zero-order valence-electron chi connectivity index (χ0n) is 12.1. The average Bonchev–Trinajstić information content (AvgIpc) is 3.09. The van der Waals surface area contributed by atoms with Crippen LogP contribution in [0.5, 0.6) is 0 Å². The molecule has 0 radical (unpaired) electrons. The minimum Gasteiger partial charge on any atom is -0.379 e. The summed E-state index contributed by atoms with van der Waals surface area (Å²) in [5.74, 6) is 0. The zero-order valence-corrected chi connectivity index (χ0v) is 12.1. The van der Waals surface area contributed by atoms with Crippen LogP contribution in [0.3, 0.4) is 0 Å². The Balaban J connectivity index is 1.69. The molecule has 2 heterocycles. The maximum absolute atomic E-state index is 3.94. The molecule has 5 heteroatoms. The summed E-state index contributed by atoms with van der Waals surface area (Å²) in [5.41, 5.74) is 4.87. The van der Waals surface area contributed by atoms with E-state index in [9.17, 15) is 0 Å². The molecular formula is C15H21N5. The van der Waals surface area contributed by atoms with Gasteiger partial charge in [0.1, 0.15) is 0 Å². The molecule has 0 spiro atoms. The molecule has 1 fully saturated rings. The van der Waals surface area contributed by atoms with E-state index in [0.29, 0.717) is 0 Å². The predicted octanol–water partition coefficient (Wildman–Crippen LogP) is 2.34. The van der Waals surface area contributed by atoms with E-state index >= 15 is 0 Å². The number of benzene rings is 1. The van der Waals surface area contributed by atoms with E-state index in [1.807, 2.05) is 7.05 Å². The highest BCUT2D eigenvalue weighted by Gasteiger charge is 2.13. The highest BCUT2D eigenvalue weighted by molar-refractivity contribution is 5.60. The Bertz CT molecular complexity index is 584. The first-order chi connectivity index (χ1) is 9.74. The Kier molecular flexibility index (Phi) is 3.58. The van der Waals surface area contributed by atoms with Gasteiger partial charge in [0.2, 0.25) is 0 Å². The maximum atomic E-state index is 3.94. The zero-order chi connectivity index (χ0) is 13.9. The molecule has 0 unspecified atom stereocenters. The summed E-state index contributed by atoms with van der Waals surface area (Å²) in [5, 5.41) is 11.3. The molecule has 1 aromatic carbocycles. The lowest BCUT2D eigenvalue weighted by molar-refractivity contribution is 0.683. The fourth-order valence-electron chi connectivity index (χ4n) is 2.67. The molecule has 0 amide bonds. The van der Waals surface area contributed by atoms with Crippen molar-refractivity contribution in [3.8, 4) is 0 Å². The number of rotatable bonds is 4. The van der Waals surface area contributed by atoms with Crippen LogP contribution in [-0.2, 0) is 13.6 Å². The standard InChI is InChI=1S/C15H21N5/c1-12-9-13(20-7-3-4-8-20)5-6-15(12)16-10-14-11-17-18-19(14)2/h5-6,9,11,16H,3-4,7-8,10H2,1-2H3. The van der Waals surface area contributed by atoms with Crippen molar-refractivity contribution in [3.05, 3.63) is 35.7 Å². The lowest BCUT2D eigenvalue weighted by Crippen LogP contribution is -2.17. The fourth-order valence-corrected chi connectivity index (χ4v) is 2.67. The Morgan fingerprint density at radius 2 is 2.05 bits per heavy atom. The van der Waals surface area contributed by atoms with Gasteiger partial charge in [-0.1, -0.05) is 5.21 Å². The van der Waals surface area contributed by atoms with Crippen molar-refractivity contribution in [2.24, 2.45) is 7.05 Å². The summed E-state index contributed by atoms with van der Waals surface area (Å²) < 4.78 is 1.79. The molecule has 5 nitrogen and oxygen atoms in total. The molecule has 0 atom stereocenters. The third-order valence-corrected chi connectivity index (χ3v) is 3.95. The molecule has 0 bridgehead atoms. The largest absolute Gasteiger partial charge is 0.379 e. The quantitative estimate of drug-likeness (QED) is 0.927. The topological polar surface area (TPSA) is 46.0 Å². The molecule has 106 valence electrons. The Hall–Kier alpha value is -2.04. The summed E-state index contributed by atoms with van der Waals surface area (Å²) >= 11 is 0. The molecule has 1 aliphatic heterocycles. The van der Waals surface area contributed by atoms with Gasteiger partial charge in [0, 0.05) is 31.5 Å². The maximum Gasteiger partial charge on any atom is 0.0774 e. The summed E-state index contributed by atoms with van der Waals surface area (Å²) in [4.78, 5) is 2.46. The lowest BCUT2D eigenvalue weighted by atomic mass is 10.1. The highest BCUT2D eigenvalue weighted by atomic mass is 15.4. The van der Waals surface area contributed by atoms with E-state index in [4.69, 9.17) is 0 Å². The van der Waals surface area contributed by atoms with Crippen LogP contribution in [0.15, 0.2) is 24.4 Å². The van der Waals surface area contributed by atoms with Gasteiger partial charge in [-0.3, -0.25) is 4.68 Å². The molecular weight excluding hydrogens is 250 g/mol. The van der Waals surface area contributed by atoms with Gasteiger partial charge in [0.15, 0.2) is 0 Å². The molecule has 1 saturated heterocycles. The highest BCUT2D eigenvalue weighted by Crippen LogP contribution is 2.25. The van der Waals surface area contributed by atoms with E-state index in [1.165, 1.54) is 42.9 Å². The molecule has 3 rings (SSSR count). The summed E-state index contributed by atoms with van der Waals surface area (Å²) in [6, 6.07) is 6.66. The Labute approximate surface area is 119 Å². The summed E-state index contributed by atoms with van der Waals surface area (Å²) in [6.07, 6.45) is 4.42. The first-order valence-electron chi connectivity index (χ1n) is 7.17. The van der Waals surface area contributed by atoms with Gasteiger partial charge in [-0.15, -0.1) is 5.10 Å². The third-order valence-electron chi connectivity index (χ3n) is 3.95. The average molecular weight is 271 g/mol. The van der Waals surface area contributed by atoms with Gasteiger partial charge >= 0.3 is 0 Å². The minimum atomic E-state index is 0.743. The van der Waals surface area contributed by atoms with Crippen LogP contribution in [0.2, 0.25) is 0 Å². The smallest absolute Gasteiger partial charge is 0.0774 e. The molecule has 0 aliphatic carbocycles. The lowest BCUT2D eigenvalue weighted by Gasteiger charge is -2.19. The number of hydrogen-bond acceptors (Lipinski definition) is 4. The van der Waals surface area contributed by atoms with Gasteiger partial charge < -0.3 is 10.2 Å². The number of aromatic nitrogens is 3. The summed E-state index contributed by atoms with van der Waals surface area (Å²) in [7, 11) is 1.91. The van der Waals surface area contributed by atoms with Crippen molar-refractivity contribution in [2.75, 3.05) is 23.3 Å². The van der Waals surface area contributed by atoms with E-state index in [-0.39, 0.29) is 0 Å².